The number of amides is 1. The highest BCUT2D eigenvalue weighted by atomic mass is 127. The van der Waals surface area contributed by atoms with Crippen LogP contribution >= 0.6 is 34.4 Å². The Morgan fingerprint density at radius 1 is 1.24 bits per heavy atom. The minimum atomic E-state index is -0.0940. The van der Waals surface area contributed by atoms with E-state index in [1.807, 2.05) is 41.8 Å². The van der Waals surface area contributed by atoms with Gasteiger partial charge in [-0.15, -0.1) is 16.8 Å². The molecule has 34 heavy (non-hydrogen) atoms. The molecule has 1 heterocycles. The van der Waals surface area contributed by atoms with Crippen LogP contribution in [0.3, 0.4) is 0 Å². The molecule has 0 radical (unpaired) electrons. The maximum absolute atomic E-state index is 12.7. The summed E-state index contributed by atoms with van der Waals surface area (Å²) in [5.74, 6) is 2.37. The summed E-state index contributed by atoms with van der Waals surface area (Å²) in [5.41, 5.74) is 3.04. The van der Waals surface area contributed by atoms with Crippen LogP contribution in [-0.4, -0.2) is 33.5 Å². The van der Waals surface area contributed by atoms with E-state index in [9.17, 15) is 4.79 Å². The van der Waals surface area contributed by atoms with E-state index in [0.29, 0.717) is 34.9 Å². The van der Waals surface area contributed by atoms with E-state index in [4.69, 9.17) is 9.47 Å². The number of ether oxygens (including phenoxy) is 2. The number of carbonyl (C=O) groups is 1. The van der Waals surface area contributed by atoms with E-state index in [1.165, 1.54) is 11.8 Å². The van der Waals surface area contributed by atoms with Gasteiger partial charge in [-0.2, -0.15) is 0 Å². The zero-order valence-electron chi connectivity index (χ0n) is 19.8. The van der Waals surface area contributed by atoms with E-state index >= 15 is 0 Å². The molecular formula is C25H29IN4O3S. The smallest absolute Gasteiger partial charge is 0.234 e. The molecule has 3 rings (SSSR count). The highest BCUT2D eigenvalue weighted by molar-refractivity contribution is 14.1. The summed E-state index contributed by atoms with van der Waals surface area (Å²) in [5, 5.41) is 12.2. The summed E-state index contributed by atoms with van der Waals surface area (Å²) in [7, 11) is 1.61. The lowest BCUT2D eigenvalue weighted by Crippen LogP contribution is -2.16. The fourth-order valence-corrected chi connectivity index (χ4v) is 4.60. The zero-order chi connectivity index (χ0) is 24.7. The van der Waals surface area contributed by atoms with Crippen molar-refractivity contribution in [2.24, 2.45) is 0 Å². The van der Waals surface area contributed by atoms with Gasteiger partial charge in [0.05, 0.1) is 12.9 Å². The first kappa shape index (κ1) is 26.1. The molecule has 0 spiro atoms. The van der Waals surface area contributed by atoms with Gasteiger partial charge in [0.2, 0.25) is 5.91 Å². The van der Waals surface area contributed by atoms with Gasteiger partial charge in [-0.25, -0.2) is 0 Å². The number of nitrogens with one attached hydrogen (secondary N) is 1. The Bertz CT molecular complexity index is 1160. The average Bonchev–Trinajstić information content (AvgIpc) is 3.19. The minimum Gasteiger partial charge on any atom is -0.493 e. The van der Waals surface area contributed by atoms with E-state index in [-0.39, 0.29) is 18.3 Å². The fourth-order valence-electron chi connectivity index (χ4n) is 3.32. The van der Waals surface area contributed by atoms with E-state index in [1.54, 1.807) is 13.2 Å². The summed E-state index contributed by atoms with van der Waals surface area (Å²) in [6.45, 7) is 10.8. The highest BCUT2D eigenvalue weighted by Gasteiger charge is 2.16. The van der Waals surface area contributed by atoms with Crippen LogP contribution in [0.4, 0.5) is 5.69 Å². The molecule has 9 heteroatoms. The lowest BCUT2D eigenvalue weighted by molar-refractivity contribution is -0.113. The van der Waals surface area contributed by atoms with Crippen LogP contribution in [0.25, 0.3) is 0 Å². The predicted octanol–water partition coefficient (Wildman–Crippen LogP) is 5.82. The number of methoxy groups -OCH3 is 1. The molecule has 0 fully saturated rings. The van der Waals surface area contributed by atoms with Crippen molar-refractivity contribution >= 4 is 45.9 Å². The molecule has 0 aliphatic heterocycles. The first-order valence-corrected chi connectivity index (χ1v) is 12.9. The third kappa shape index (κ3) is 6.75. The normalized spacial score (nSPS) is 10.9. The summed E-state index contributed by atoms with van der Waals surface area (Å²) in [6, 6.07) is 11.8. The molecule has 7 nitrogen and oxygen atoms in total. The van der Waals surface area contributed by atoms with Crippen molar-refractivity contribution in [2.75, 3.05) is 18.2 Å². The van der Waals surface area contributed by atoms with Crippen molar-refractivity contribution in [1.29, 1.82) is 0 Å². The van der Waals surface area contributed by atoms with Gasteiger partial charge in [-0.1, -0.05) is 37.8 Å². The van der Waals surface area contributed by atoms with Crippen LogP contribution in [0.5, 0.6) is 11.5 Å². The number of carbonyl (C=O) groups excluding carboxylic acids is 1. The Morgan fingerprint density at radius 2 is 2.03 bits per heavy atom. The van der Waals surface area contributed by atoms with E-state index < -0.39 is 0 Å². The van der Waals surface area contributed by atoms with Gasteiger partial charge in [-0.05, 0) is 76.9 Å². The molecule has 3 aromatic rings. The maximum Gasteiger partial charge on any atom is 0.234 e. The molecule has 1 amide bonds. The summed E-state index contributed by atoms with van der Waals surface area (Å²) in [4.78, 5) is 12.7. The molecule has 1 N–H and O–H groups in total. The number of aromatic nitrogens is 3. The number of allylic oxidation sites excluding steroid dienone is 1. The van der Waals surface area contributed by atoms with E-state index in [2.05, 4.69) is 64.6 Å². The van der Waals surface area contributed by atoms with Crippen LogP contribution in [0, 0.1) is 10.5 Å². The Kier molecular flexibility index (Phi) is 9.40. The molecule has 2 aromatic carbocycles. The molecule has 0 bridgehead atoms. The van der Waals surface area contributed by atoms with Gasteiger partial charge in [0.25, 0.3) is 0 Å². The number of hydrogen-bond acceptors (Lipinski definition) is 6. The average molecular weight is 593 g/mol. The van der Waals surface area contributed by atoms with Crippen molar-refractivity contribution in [3.63, 3.8) is 0 Å². The molecular weight excluding hydrogens is 563 g/mol. The van der Waals surface area contributed by atoms with Gasteiger partial charge < -0.3 is 14.8 Å². The Balaban J connectivity index is 1.67. The minimum absolute atomic E-state index is 0.0940. The number of benzene rings is 2. The van der Waals surface area contributed by atoms with Gasteiger partial charge in [0.1, 0.15) is 6.61 Å². The van der Waals surface area contributed by atoms with Crippen molar-refractivity contribution in [1.82, 2.24) is 14.8 Å². The van der Waals surface area contributed by atoms with Crippen LogP contribution in [0.1, 0.15) is 36.7 Å². The summed E-state index contributed by atoms with van der Waals surface area (Å²) in [6.07, 6.45) is 1.77. The monoisotopic (exact) mass is 592 g/mol. The number of halogens is 1. The molecule has 0 aliphatic rings. The van der Waals surface area contributed by atoms with Gasteiger partial charge in [-0.3, -0.25) is 9.36 Å². The molecule has 180 valence electrons. The maximum atomic E-state index is 12.7. The fraction of sp³-hybridized carbons (Fsp3) is 0.320. The lowest BCUT2D eigenvalue weighted by atomic mass is 10.0. The molecule has 0 saturated carbocycles. The standard InChI is InChI=1S/C25H29IN4O3S/c1-6-11-30-23(14-33-21-10-7-17(4)12-22(21)32-5)28-29-25(30)34-15-24(31)27-20-9-8-18(26)13-19(20)16(2)3/h6-10,12-13,16H,1,11,14-15H2,2-5H3,(H,27,31). The molecule has 1 aromatic heterocycles. The molecule has 0 saturated heterocycles. The van der Waals surface area contributed by atoms with Crippen LogP contribution in [0.2, 0.25) is 0 Å². The Labute approximate surface area is 218 Å². The predicted molar refractivity (Wildman–Crippen MR) is 145 cm³/mol. The second-order valence-corrected chi connectivity index (χ2v) is 10.2. The van der Waals surface area contributed by atoms with Crippen molar-refractivity contribution < 1.29 is 14.3 Å². The number of anilines is 1. The SMILES string of the molecule is C=CCn1c(COc2ccc(C)cc2OC)nnc1SCC(=O)Nc1ccc(I)cc1C(C)C. The number of nitrogens with zero attached hydrogens (tertiary/aromatic N) is 3. The third-order valence-corrected chi connectivity index (χ3v) is 6.66. The second kappa shape index (κ2) is 12.3. The summed E-state index contributed by atoms with van der Waals surface area (Å²) < 4.78 is 14.4. The van der Waals surface area contributed by atoms with Gasteiger partial charge in [0.15, 0.2) is 22.5 Å². The van der Waals surface area contributed by atoms with Gasteiger partial charge >= 0.3 is 0 Å². The molecule has 0 atom stereocenters. The topological polar surface area (TPSA) is 78.3 Å². The number of hydrogen-bond donors (Lipinski definition) is 1. The number of rotatable bonds is 11. The van der Waals surface area contributed by atoms with Crippen LogP contribution in [0.15, 0.2) is 54.2 Å². The van der Waals surface area contributed by atoms with Crippen molar-refractivity contribution in [3.05, 3.63) is 69.6 Å². The number of thioether (sulfide) groups is 1. The largest absolute Gasteiger partial charge is 0.493 e. The molecule has 0 unspecified atom stereocenters. The van der Waals surface area contributed by atoms with Crippen molar-refractivity contribution in [2.45, 2.75) is 45.0 Å². The van der Waals surface area contributed by atoms with Crippen LogP contribution in [-0.2, 0) is 17.9 Å². The first-order valence-electron chi connectivity index (χ1n) is 10.8. The Hall–Kier alpha value is -2.53. The molecule has 0 aliphatic carbocycles. The van der Waals surface area contributed by atoms with Crippen molar-refractivity contribution in [3.8, 4) is 11.5 Å². The lowest BCUT2D eigenvalue weighted by Gasteiger charge is -2.14. The van der Waals surface area contributed by atoms with E-state index in [0.717, 1.165) is 20.4 Å². The second-order valence-electron chi connectivity index (χ2n) is 7.96. The van der Waals surface area contributed by atoms with Crippen LogP contribution < -0.4 is 14.8 Å². The Morgan fingerprint density at radius 3 is 2.74 bits per heavy atom. The van der Waals surface area contributed by atoms with Gasteiger partial charge in [0, 0.05) is 15.8 Å². The zero-order valence-corrected chi connectivity index (χ0v) is 22.8. The first-order chi connectivity index (χ1) is 16.3. The number of aryl methyl sites for hydroxylation is 1. The highest BCUT2D eigenvalue weighted by Crippen LogP contribution is 2.29. The summed E-state index contributed by atoms with van der Waals surface area (Å²) >= 11 is 3.61. The quantitative estimate of drug-likeness (QED) is 0.172. The third-order valence-electron chi connectivity index (χ3n) is 5.02.